The zero-order valence-electron chi connectivity index (χ0n) is 11.6. The Hall–Kier alpha value is 0.564. The van der Waals surface area contributed by atoms with Crippen LogP contribution in [0.1, 0.15) is 0 Å². The molecule has 1 aromatic carbocycles. The number of aromatic hydroxyl groups is 2. The summed E-state index contributed by atoms with van der Waals surface area (Å²) >= 11 is 22.0. The van der Waals surface area contributed by atoms with Crippen molar-refractivity contribution < 1.29 is 28.8 Å². The minimum Gasteiger partial charge on any atom is -0.503 e. The Bertz CT molecular complexity index is 345. The Balaban J connectivity index is 0.000000362. The average Bonchev–Trinajstić information content (AvgIpc) is 3.26. The van der Waals surface area contributed by atoms with Gasteiger partial charge >= 0.3 is 18.6 Å². The fourth-order valence-corrected chi connectivity index (χ4v) is 2.08. The first-order valence-corrected chi connectivity index (χ1v) is 7.55. The molecule has 2 aliphatic rings. The molecule has 0 bridgehead atoms. The standard InChI is InChI=1S/C6H2Cl4O2.2C5H5.V/c7-1-2(8)4(10)6(12)5(11)3(1)9;2*1-2-4-5-3-1;/h11-12H;2*1-5H;/q;;;+4. The smallest absolute Gasteiger partial charge is 0.503 e. The summed E-state index contributed by atoms with van der Waals surface area (Å²) in [6.07, 6.45) is 20.0. The van der Waals surface area contributed by atoms with Crippen LogP contribution in [0, 0.1) is 64.2 Å². The van der Waals surface area contributed by atoms with Gasteiger partial charge in [-0.05, 0) is 64.2 Å². The predicted octanol–water partition coefficient (Wildman–Crippen LogP) is 5.75. The Kier molecular flexibility index (Phi) is 13.2. The SMILES string of the molecule is Oc1c(O)c(Cl)c(Cl)c(Cl)c1Cl.[CH]1[CH][CH][CH][CH]1.[CH]1[CH][CH][CH][CH]1.[V+4]. The first kappa shape index (κ1) is 23.6. The van der Waals surface area contributed by atoms with Gasteiger partial charge in [-0.1, -0.05) is 46.4 Å². The van der Waals surface area contributed by atoms with E-state index < -0.39 is 11.5 Å². The number of benzene rings is 1. The van der Waals surface area contributed by atoms with Crippen LogP contribution in [0.3, 0.4) is 0 Å². The zero-order valence-corrected chi connectivity index (χ0v) is 16.0. The van der Waals surface area contributed by atoms with Gasteiger partial charge in [0, 0.05) is 0 Å². The maximum absolute atomic E-state index is 9.08. The van der Waals surface area contributed by atoms with Gasteiger partial charge in [0.05, 0.1) is 10.0 Å². The second-order valence-electron chi connectivity index (χ2n) is 3.88. The minimum absolute atomic E-state index is 0. The summed E-state index contributed by atoms with van der Waals surface area (Å²) in [5, 5.41) is 17.6. The number of hydrogen-bond acceptors (Lipinski definition) is 2. The molecule has 11 radical (unpaired) electrons. The van der Waals surface area contributed by atoms with Gasteiger partial charge in [0.1, 0.15) is 10.0 Å². The summed E-state index contributed by atoms with van der Waals surface area (Å²) in [6.45, 7) is 0. The summed E-state index contributed by atoms with van der Waals surface area (Å²) in [5.41, 5.74) is 0. The van der Waals surface area contributed by atoms with Crippen molar-refractivity contribution in [2.75, 3.05) is 0 Å². The van der Waals surface area contributed by atoms with Crippen LogP contribution in [0.2, 0.25) is 20.1 Å². The topological polar surface area (TPSA) is 40.5 Å². The third-order valence-corrected chi connectivity index (χ3v) is 4.11. The van der Waals surface area contributed by atoms with Crippen LogP contribution in [0.25, 0.3) is 0 Å². The Morgan fingerprint density at radius 3 is 0.783 bits per heavy atom. The van der Waals surface area contributed by atoms with E-state index >= 15 is 0 Å². The quantitative estimate of drug-likeness (QED) is 0.313. The van der Waals surface area contributed by atoms with Crippen LogP contribution in [0.5, 0.6) is 11.5 Å². The maximum Gasteiger partial charge on any atom is 4.00 e. The molecule has 0 spiro atoms. The first-order valence-electron chi connectivity index (χ1n) is 6.04. The van der Waals surface area contributed by atoms with Gasteiger partial charge in [0.15, 0.2) is 11.5 Å². The largest absolute Gasteiger partial charge is 4.00 e. The summed E-state index contributed by atoms with van der Waals surface area (Å²) in [7, 11) is 0. The zero-order chi connectivity index (χ0) is 16.5. The summed E-state index contributed by atoms with van der Waals surface area (Å²) in [6, 6.07) is 0. The molecule has 2 nitrogen and oxygen atoms in total. The monoisotopic (exact) mass is 427 g/mol. The van der Waals surface area contributed by atoms with E-state index in [1.807, 2.05) is 64.2 Å². The molecule has 0 atom stereocenters. The second-order valence-corrected chi connectivity index (χ2v) is 5.39. The van der Waals surface area contributed by atoms with Gasteiger partial charge in [-0.15, -0.1) is 0 Å². The normalized spacial score (nSPS) is 15.8. The van der Waals surface area contributed by atoms with E-state index in [-0.39, 0.29) is 38.6 Å². The number of phenolic OH excluding ortho intramolecular Hbond substituents is 2. The molecule has 0 aromatic heterocycles. The molecule has 0 aliphatic heterocycles. The number of halogens is 4. The summed E-state index contributed by atoms with van der Waals surface area (Å²) in [5.74, 6) is -1.15. The van der Waals surface area contributed by atoms with Gasteiger partial charge in [0.25, 0.3) is 0 Å². The number of rotatable bonds is 0. The molecule has 23 heavy (non-hydrogen) atoms. The van der Waals surface area contributed by atoms with Crippen molar-refractivity contribution in [2.24, 2.45) is 0 Å². The molecule has 2 saturated carbocycles. The van der Waals surface area contributed by atoms with Crippen LogP contribution in [-0.2, 0) is 18.6 Å². The van der Waals surface area contributed by atoms with Gasteiger partial charge in [-0.25, -0.2) is 0 Å². The van der Waals surface area contributed by atoms with E-state index in [4.69, 9.17) is 56.6 Å². The minimum atomic E-state index is -0.573. The van der Waals surface area contributed by atoms with Crippen LogP contribution in [0.15, 0.2) is 0 Å². The fourth-order valence-electron chi connectivity index (χ4n) is 1.25. The van der Waals surface area contributed by atoms with Gasteiger partial charge in [-0.2, -0.15) is 0 Å². The van der Waals surface area contributed by atoms with Crippen LogP contribution in [0.4, 0.5) is 0 Å². The Morgan fingerprint density at radius 1 is 0.435 bits per heavy atom. The van der Waals surface area contributed by atoms with E-state index in [0.29, 0.717) is 0 Å². The van der Waals surface area contributed by atoms with Crippen molar-refractivity contribution in [1.29, 1.82) is 0 Å². The summed E-state index contributed by atoms with van der Waals surface area (Å²) in [4.78, 5) is 0. The molecule has 2 N–H and O–H groups in total. The Morgan fingerprint density at radius 2 is 0.609 bits per heavy atom. The molecule has 0 unspecified atom stereocenters. The average molecular weight is 429 g/mol. The molecule has 0 heterocycles. The van der Waals surface area contributed by atoms with E-state index in [1.54, 1.807) is 0 Å². The van der Waals surface area contributed by atoms with Crippen molar-refractivity contribution in [1.82, 2.24) is 0 Å². The van der Waals surface area contributed by atoms with Crippen LogP contribution in [-0.4, -0.2) is 10.2 Å². The first-order chi connectivity index (χ1) is 10.5. The van der Waals surface area contributed by atoms with Crippen molar-refractivity contribution in [3.8, 4) is 11.5 Å². The third-order valence-electron chi connectivity index (χ3n) is 2.33. The Labute approximate surface area is 170 Å². The molecule has 3 rings (SSSR count). The fraction of sp³-hybridized carbons (Fsp3) is 0. The second kappa shape index (κ2) is 12.9. The van der Waals surface area contributed by atoms with E-state index in [2.05, 4.69) is 0 Å². The van der Waals surface area contributed by atoms with Gasteiger partial charge in [0.2, 0.25) is 0 Å². The van der Waals surface area contributed by atoms with E-state index in [1.165, 1.54) is 0 Å². The van der Waals surface area contributed by atoms with Crippen molar-refractivity contribution in [3.63, 3.8) is 0 Å². The number of phenols is 2. The molecular weight excluding hydrogens is 417 g/mol. The third kappa shape index (κ3) is 7.99. The molecule has 2 fully saturated rings. The van der Waals surface area contributed by atoms with Crippen molar-refractivity contribution in [3.05, 3.63) is 84.3 Å². The van der Waals surface area contributed by atoms with E-state index in [9.17, 15) is 0 Å². The van der Waals surface area contributed by atoms with Crippen molar-refractivity contribution in [2.45, 2.75) is 0 Å². The molecular formula is C16H12Cl4O2V+4. The maximum atomic E-state index is 9.08. The molecule has 0 saturated heterocycles. The molecule has 2 aliphatic carbocycles. The van der Waals surface area contributed by atoms with Gasteiger partial charge < -0.3 is 10.2 Å². The molecule has 0 amide bonds. The predicted molar refractivity (Wildman–Crippen MR) is 92.8 cm³/mol. The number of hydrogen-bond donors (Lipinski definition) is 2. The summed E-state index contributed by atoms with van der Waals surface area (Å²) < 4.78 is 0. The van der Waals surface area contributed by atoms with Crippen LogP contribution < -0.4 is 0 Å². The van der Waals surface area contributed by atoms with Gasteiger partial charge in [-0.3, -0.25) is 0 Å². The molecule has 1 aromatic rings. The van der Waals surface area contributed by atoms with E-state index in [0.717, 1.165) is 0 Å². The molecule has 117 valence electrons. The van der Waals surface area contributed by atoms with Crippen LogP contribution >= 0.6 is 46.4 Å². The van der Waals surface area contributed by atoms with Crippen molar-refractivity contribution >= 4 is 46.4 Å². The molecule has 7 heteroatoms.